The first-order chi connectivity index (χ1) is 10.6. The summed E-state index contributed by atoms with van der Waals surface area (Å²) >= 11 is 0. The fourth-order valence-electron chi connectivity index (χ4n) is 3.27. The molecule has 0 aliphatic carbocycles. The van der Waals surface area contributed by atoms with Crippen molar-refractivity contribution in [1.82, 2.24) is 4.90 Å². The number of hydrogen-bond donors (Lipinski definition) is 1. The molecule has 5 nitrogen and oxygen atoms in total. The van der Waals surface area contributed by atoms with Crippen molar-refractivity contribution in [2.24, 2.45) is 0 Å². The molecule has 0 saturated carbocycles. The molecule has 2 amide bonds. The lowest BCUT2D eigenvalue weighted by Crippen LogP contribution is -2.37. The first-order valence-corrected chi connectivity index (χ1v) is 8.07. The molecule has 2 aliphatic heterocycles. The Bertz CT molecular complexity index is 556. The number of piperidine rings is 1. The molecular weight excluding hydrogens is 278 g/mol. The number of hydrogen-bond acceptors (Lipinski definition) is 3. The Kier molecular flexibility index (Phi) is 4.43. The van der Waals surface area contributed by atoms with Crippen LogP contribution in [-0.2, 0) is 9.59 Å². The maximum absolute atomic E-state index is 12.2. The minimum absolute atomic E-state index is 0.0247. The van der Waals surface area contributed by atoms with E-state index < -0.39 is 0 Å². The molecule has 22 heavy (non-hydrogen) atoms. The summed E-state index contributed by atoms with van der Waals surface area (Å²) in [5.74, 6) is 0.248. The first-order valence-electron chi connectivity index (χ1n) is 8.07. The summed E-state index contributed by atoms with van der Waals surface area (Å²) in [5, 5.41) is 2.97. The van der Waals surface area contributed by atoms with Crippen LogP contribution < -0.4 is 10.2 Å². The van der Waals surface area contributed by atoms with Gasteiger partial charge in [-0.1, -0.05) is 0 Å². The van der Waals surface area contributed by atoms with Crippen molar-refractivity contribution < 1.29 is 9.59 Å². The van der Waals surface area contributed by atoms with Crippen LogP contribution in [0.25, 0.3) is 0 Å². The molecule has 1 N–H and O–H groups in total. The van der Waals surface area contributed by atoms with E-state index >= 15 is 0 Å². The van der Waals surface area contributed by atoms with Crippen molar-refractivity contribution in [3.8, 4) is 0 Å². The third-order valence-corrected chi connectivity index (χ3v) is 4.59. The summed E-state index contributed by atoms with van der Waals surface area (Å²) in [4.78, 5) is 28.1. The Morgan fingerprint density at radius 2 is 1.91 bits per heavy atom. The number of nitrogens with zero attached hydrogens (tertiary/aromatic N) is 2. The second-order valence-corrected chi connectivity index (χ2v) is 6.18. The number of anilines is 2. The van der Waals surface area contributed by atoms with Gasteiger partial charge in [-0.15, -0.1) is 0 Å². The molecule has 0 unspecified atom stereocenters. The number of carbonyl (C=O) groups excluding carboxylic acids is 2. The Labute approximate surface area is 131 Å². The van der Waals surface area contributed by atoms with Gasteiger partial charge in [0.05, 0.1) is 6.04 Å². The Morgan fingerprint density at radius 3 is 2.55 bits per heavy atom. The zero-order valence-electron chi connectivity index (χ0n) is 13.0. The minimum Gasteiger partial charge on any atom is -0.325 e. The van der Waals surface area contributed by atoms with Crippen LogP contribution in [0.15, 0.2) is 24.3 Å². The molecule has 2 fully saturated rings. The van der Waals surface area contributed by atoms with Gasteiger partial charge in [-0.2, -0.15) is 0 Å². The summed E-state index contributed by atoms with van der Waals surface area (Å²) in [7, 11) is 1.99. The average Bonchev–Trinajstić information content (AvgIpc) is 2.95. The monoisotopic (exact) mass is 301 g/mol. The highest BCUT2D eigenvalue weighted by molar-refractivity contribution is 5.96. The van der Waals surface area contributed by atoms with Gasteiger partial charge in [-0.25, -0.2) is 0 Å². The van der Waals surface area contributed by atoms with E-state index in [1.165, 1.54) is 0 Å². The maximum Gasteiger partial charge on any atom is 0.241 e. The van der Waals surface area contributed by atoms with E-state index in [2.05, 4.69) is 10.2 Å². The largest absolute Gasteiger partial charge is 0.325 e. The van der Waals surface area contributed by atoms with Crippen molar-refractivity contribution >= 4 is 23.2 Å². The first kappa shape index (κ1) is 15.0. The normalized spacial score (nSPS) is 22.9. The fraction of sp³-hybridized carbons (Fsp3) is 0.529. The number of nitrogens with one attached hydrogen (secondary N) is 1. The molecule has 3 rings (SSSR count). The van der Waals surface area contributed by atoms with Gasteiger partial charge < -0.3 is 10.2 Å². The molecule has 1 atom stereocenters. The van der Waals surface area contributed by atoms with Gasteiger partial charge in [-0.05, 0) is 63.5 Å². The molecule has 0 bridgehead atoms. The predicted molar refractivity (Wildman–Crippen MR) is 86.9 cm³/mol. The molecule has 0 radical (unpaired) electrons. The third kappa shape index (κ3) is 3.14. The van der Waals surface area contributed by atoms with Crippen LogP contribution in [0.5, 0.6) is 0 Å². The van der Waals surface area contributed by atoms with E-state index in [1.807, 2.05) is 36.2 Å². The second-order valence-electron chi connectivity index (χ2n) is 6.18. The molecule has 118 valence electrons. The van der Waals surface area contributed by atoms with Crippen LogP contribution in [-0.4, -0.2) is 42.9 Å². The van der Waals surface area contributed by atoms with Gasteiger partial charge in [0.1, 0.15) is 0 Å². The maximum atomic E-state index is 12.2. The number of likely N-dealkylation sites (tertiary alicyclic amines) is 1. The third-order valence-electron chi connectivity index (χ3n) is 4.59. The molecule has 0 aromatic heterocycles. The zero-order valence-corrected chi connectivity index (χ0v) is 13.0. The summed E-state index contributed by atoms with van der Waals surface area (Å²) in [6, 6.07) is 7.56. The van der Waals surface area contributed by atoms with E-state index in [4.69, 9.17) is 0 Å². The van der Waals surface area contributed by atoms with Crippen LogP contribution in [0.2, 0.25) is 0 Å². The second kappa shape index (κ2) is 6.48. The van der Waals surface area contributed by atoms with Crippen LogP contribution in [0.4, 0.5) is 11.4 Å². The van der Waals surface area contributed by atoms with Crippen LogP contribution in [0.1, 0.15) is 32.1 Å². The van der Waals surface area contributed by atoms with E-state index in [-0.39, 0.29) is 17.9 Å². The number of benzene rings is 1. The van der Waals surface area contributed by atoms with Crippen molar-refractivity contribution in [1.29, 1.82) is 0 Å². The Morgan fingerprint density at radius 1 is 1.14 bits per heavy atom. The standard InChI is InChI=1S/C17H23N3O2/c1-19-11-4-5-15(19)17(22)18-13-7-9-14(10-8-13)20-12-3-2-6-16(20)21/h7-10,15H,2-6,11-12H2,1H3,(H,18,22)/t15-/m1/s1. The highest BCUT2D eigenvalue weighted by Crippen LogP contribution is 2.23. The molecule has 5 heteroatoms. The van der Waals surface area contributed by atoms with Crippen molar-refractivity contribution in [3.05, 3.63) is 24.3 Å². The predicted octanol–water partition coefficient (Wildman–Crippen LogP) is 2.24. The van der Waals surface area contributed by atoms with Crippen molar-refractivity contribution in [2.45, 2.75) is 38.1 Å². The lowest BCUT2D eigenvalue weighted by Gasteiger charge is -2.27. The minimum atomic E-state index is -0.0247. The Hall–Kier alpha value is -1.88. The van der Waals surface area contributed by atoms with Gasteiger partial charge >= 0.3 is 0 Å². The molecule has 2 aliphatic rings. The topological polar surface area (TPSA) is 52.7 Å². The molecule has 2 heterocycles. The fourth-order valence-corrected chi connectivity index (χ4v) is 3.27. The number of carbonyl (C=O) groups is 2. The molecule has 1 aromatic carbocycles. The highest BCUT2D eigenvalue weighted by Gasteiger charge is 2.27. The van der Waals surface area contributed by atoms with Gasteiger partial charge in [0, 0.05) is 24.3 Å². The summed E-state index contributed by atoms with van der Waals surface area (Å²) < 4.78 is 0. The van der Waals surface area contributed by atoms with Gasteiger partial charge in [-0.3, -0.25) is 14.5 Å². The van der Waals surface area contributed by atoms with E-state index in [0.717, 1.165) is 50.1 Å². The van der Waals surface area contributed by atoms with Crippen molar-refractivity contribution in [3.63, 3.8) is 0 Å². The van der Waals surface area contributed by atoms with Gasteiger partial charge in [0.25, 0.3) is 0 Å². The van der Waals surface area contributed by atoms with E-state index in [9.17, 15) is 9.59 Å². The lowest BCUT2D eigenvalue weighted by molar-refractivity contribution is -0.120. The van der Waals surface area contributed by atoms with Gasteiger partial charge in [0.2, 0.25) is 11.8 Å². The zero-order chi connectivity index (χ0) is 15.5. The summed E-state index contributed by atoms with van der Waals surface area (Å²) in [6.45, 7) is 1.77. The average molecular weight is 301 g/mol. The van der Waals surface area contributed by atoms with Gasteiger partial charge in [0.15, 0.2) is 0 Å². The molecule has 2 saturated heterocycles. The van der Waals surface area contributed by atoms with E-state index in [0.29, 0.717) is 6.42 Å². The lowest BCUT2D eigenvalue weighted by atomic mass is 10.1. The molecular formula is C17H23N3O2. The SMILES string of the molecule is CN1CCC[C@@H]1C(=O)Nc1ccc(N2CCCCC2=O)cc1. The van der Waals surface area contributed by atoms with Crippen LogP contribution in [0, 0.1) is 0 Å². The summed E-state index contributed by atoms with van der Waals surface area (Å²) in [6.07, 6.45) is 4.66. The number of rotatable bonds is 3. The summed E-state index contributed by atoms with van der Waals surface area (Å²) in [5.41, 5.74) is 1.71. The molecule has 1 aromatic rings. The Balaban J connectivity index is 1.64. The van der Waals surface area contributed by atoms with Crippen molar-refractivity contribution in [2.75, 3.05) is 30.4 Å². The smallest absolute Gasteiger partial charge is 0.241 e. The highest BCUT2D eigenvalue weighted by atomic mass is 16.2. The van der Waals surface area contributed by atoms with Crippen LogP contribution >= 0.6 is 0 Å². The van der Waals surface area contributed by atoms with Crippen LogP contribution in [0.3, 0.4) is 0 Å². The number of likely N-dealkylation sites (N-methyl/N-ethyl adjacent to an activating group) is 1. The number of amides is 2. The molecule has 0 spiro atoms. The van der Waals surface area contributed by atoms with E-state index in [1.54, 1.807) is 0 Å². The quantitative estimate of drug-likeness (QED) is 0.931.